The zero-order chi connectivity index (χ0) is 17.2. The van der Waals surface area contributed by atoms with Crippen molar-refractivity contribution in [1.82, 2.24) is 15.0 Å². The van der Waals surface area contributed by atoms with Crippen molar-refractivity contribution in [3.8, 4) is 11.4 Å². The van der Waals surface area contributed by atoms with Crippen molar-refractivity contribution < 1.29 is 0 Å². The molecule has 0 aliphatic carbocycles. The van der Waals surface area contributed by atoms with Gasteiger partial charge >= 0.3 is 0 Å². The molecular formula is C20H15ClN4. The van der Waals surface area contributed by atoms with Crippen molar-refractivity contribution in [2.45, 2.75) is 6.92 Å². The van der Waals surface area contributed by atoms with Gasteiger partial charge in [0.15, 0.2) is 5.82 Å². The summed E-state index contributed by atoms with van der Waals surface area (Å²) in [6, 6.07) is 17.6. The standard InChI is InChI=1S/C20H15ClN4/c1-13-4-2-6-16(10-13)23-20-17-11-15(21)7-8-18(17)24-19(25-20)14-5-3-9-22-12-14/h2-12H,1H3,(H,23,24,25). The number of hydrogen-bond acceptors (Lipinski definition) is 4. The van der Waals surface area contributed by atoms with Gasteiger partial charge < -0.3 is 5.32 Å². The lowest BCUT2D eigenvalue weighted by atomic mass is 10.2. The smallest absolute Gasteiger partial charge is 0.163 e. The monoisotopic (exact) mass is 346 g/mol. The molecule has 0 saturated heterocycles. The van der Waals surface area contributed by atoms with E-state index in [1.807, 2.05) is 42.5 Å². The van der Waals surface area contributed by atoms with Gasteiger partial charge in [-0.05, 0) is 55.0 Å². The molecule has 0 bridgehead atoms. The van der Waals surface area contributed by atoms with Crippen LogP contribution in [0.15, 0.2) is 67.0 Å². The largest absolute Gasteiger partial charge is 0.340 e. The molecule has 0 fully saturated rings. The van der Waals surface area contributed by atoms with Crippen LogP contribution in [0, 0.1) is 6.92 Å². The molecule has 2 aromatic heterocycles. The van der Waals surface area contributed by atoms with Crippen LogP contribution in [-0.2, 0) is 0 Å². The Balaban J connectivity index is 1.89. The first-order valence-electron chi connectivity index (χ1n) is 7.90. The third-order valence-electron chi connectivity index (χ3n) is 3.86. The maximum atomic E-state index is 6.18. The van der Waals surface area contributed by atoms with E-state index in [0.717, 1.165) is 28.0 Å². The second-order valence-corrected chi connectivity index (χ2v) is 6.23. The number of nitrogens with one attached hydrogen (secondary N) is 1. The van der Waals surface area contributed by atoms with Gasteiger partial charge in [-0.1, -0.05) is 23.7 Å². The summed E-state index contributed by atoms with van der Waals surface area (Å²) in [5, 5.41) is 4.92. The molecule has 0 amide bonds. The molecule has 0 spiro atoms. The molecule has 4 aromatic rings. The van der Waals surface area contributed by atoms with Gasteiger partial charge in [0.25, 0.3) is 0 Å². The van der Waals surface area contributed by atoms with E-state index in [4.69, 9.17) is 16.6 Å². The van der Waals surface area contributed by atoms with Gasteiger partial charge in [-0.25, -0.2) is 9.97 Å². The Morgan fingerprint density at radius 2 is 1.88 bits per heavy atom. The van der Waals surface area contributed by atoms with E-state index in [1.165, 1.54) is 5.56 Å². The molecule has 0 saturated carbocycles. The number of rotatable bonds is 3. The van der Waals surface area contributed by atoms with E-state index in [0.29, 0.717) is 10.8 Å². The van der Waals surface area contributed by atoms with E-state index in [-0.39, 0.29) is 0 Å². The number of aryl methyl sites for hydroxylation is 1. The number of anilines is 2. The first-order valence-corrected chi connectivity index (χ1v) is 8.28. The third kappa shape index (κ3) is 3.30. The average molecular weight is 347 g/mol. The highest BCUT2D eigenvalue weighted by molar-refractivity contribution is 6.31. The molecule has 4 rings (SSSR count). The maximum Gasteiger partial charge on any atom is 0.163 e. The van der Waals surface area contributed by atoms with Gasteiger partial charge in [0.1, 0.15) is 5.82 Å². The van der Waals surface area contributed by atoms with Crippen molar-refractivity contribution >= 4 is 34.0 Å². The van der Waals surface area contributed by atoms with Crippen LogP contribution >= 0.6 is 11.6 Å². The summed E-state index contributed by atoms with van der Waals surface area (Å²) < 4.78 is 0. The molecule has 122 valence electrons. The van der Waals surface area contributed by atoms with Crippen LogP contribution in [-0.4, -0.2) is 15.0 Å². The Kier molecular flexibility index (Phi) is 4.04. The SMILES string of the molecule is Cc1cccc(Nc2nc(-c3cccnc3)nc3ccc(Cl)cc23)c1. The van der Waals surface area contributed by atoms with E-state index in [2.05, 4.69) is 34.3 Å². The lowest BCUT2D eigenvalue weighted by Gasteiger charge is -2.12. The normalized spacial score (nSPS) is 10.8. The van der Waals surface area contributed by atoms with Crippen LogP contribution in [0.5, 0.6) is 0 Å². The molecule has 25 heavy (non-hydrogen) atoms. The Labute approximate surface area is 150 Å². The number of halogens is 1. The van der Waals surface area contributed by atoms with Gasteiger partial charge in [-0.2, -0.15) is 0 Å². The molecule has 0 aliphatic rings. The van der Waals surface area contributed by atoms with Gasteiger partial charge in [0.2, 0.25) is 0 Å². The molecule has 0 aliphatic heterocycles. The van der Waals surface area contributed by atoms with Gasteiger partial charge in [-0.3, -0.25) is 4.98 Å². The predicted molar refractivity (Wildman–Crippen MR) is 102 cm³/mol. The molecule has 2 heterocycles. The summed E-state index contributed by atoms with van der Waals surface area (Å²) in [7, 11) is 0. The number of aromatic nitrogens is 3. The summed E-state index contributed by atoms with van der Waals surface area (Å²) in [6.45, 7) is 2.06. The molecule has 0 unspecified atom stereocenters. The van der Waals surface area contributed by atoms with Crippen LogP contribution < -0.4 is 5.32 Å². The Morgan fingerprint density at radius 3 is 2.68 bits per heavy atom. The van der Waals surface area contributed by atoms with Crippen molar-refractivity contribution in [2.24, 2.45) is 0 Å². The van der Waals surface area contributed by atoms with Crippen LogP contribution in [0.3, 0.4) is 0 Å². The van der Waals surface area contributed by atoms with Crippen LogP contribution in [0.4, 0.5) is 11.5 Å². The second-order valence-electron chi connectivity index (χ2n) is 5.79. The van der Waals surface area contributed by atoms with Crippen LogP contribution in [0.25, 0.3) is 22.3 Å². The minimum Gasteiger partial charge on any atom is -0.340 e. The minimum absolute atomic E-state index is 0.623. The quantitative estimate of drug-likeness (QED) is 0.539. The van der Waals surface area contributed by atoms with Crippen LogP contribution in [0.2, 0.25) is 5.02 Å². The van der Waals surface area contributed by atoms with Gasteiger partial charge in [0, 0.05) is 34.1 Å². The van der Waals surface area contributed by atoms with Gasteiger partial charge in [-0.15, -0.1) is 0 Å². The van der Waals surface area contributed by atoms with Crippen molar-refractivity contribution in [3.05, 3.63) is 77.6 Å². The zero-order valence-corrected chi connectivity index (χ0v) is 14.3. The van der Waals surface area contributed by atoms with E-state index < -0.39 is 0 Å². The maximum absolute atomic E-state index is 6.18. The number of pyridine rings is 1. The first kappa shape index (κ1) is 15.5. The Morgan fingerprint density at radius 1 is 0.960 bits per heavy atom. The predicted octanol–water partition coefficient (Wildman–Crippen LogP) is 5.40. The van der Waals surface area contributed by atoms with Crippen molar-refractivity contribution in [3.63, 3.8) is 0 Å². The Hall–Kier alpha value is -2.98. The summed E-state index contributed by atoms with van der Waals surface area (Å²) in [4.78, 5) is 13.5. The molecule has 5 heteroatoms. The fraction of sp³-hybridized carbons (Fsp3) is 0.0500. The third-order valence-corrected chi connectivity index (χ3v) is 4.09. The number of hydrogen-bond donors (Lipinski definition) is 1. The zero-order valence-electron chi connectivity index (χ0n) is 13.6. The lowest BCUT2D eigenvalue weighted by molar-refractivity contribution is 1.20. The summed E-state index contributed by atoms with van der Waals surface area (Å²) in [5.41, 5.74) is 3.84. The topological polar surface area (TPSA) is 50.7 Å². The van der Waals surface area contributed by atoms with Crippen LogP contribution in [0.1, 0.15) is 5.56 Å². The minimum atomic E-state index is 0.623. The fourth-order valence-corrected chi connectivity index (χ4v) is 2.85. The summed E-state index contributed by atoms with van der Waals surface area (Å²) in [6.07, 6.45) is 3.49. The number of fused-ring (bicyclic) bond motifs is 1. The molecule has 0 radical (unpaired) electrons. The van der Waals surface area contributed by atoms with E-state index in [9.17, 15) is 0 Å². The highest BCUT2D eigenvalue weighted by Gasteiger charge is 2.11. The molecule has 2 aromatic carbocycles. The van der Waals surface area contributed by atoms with Crippen molar-refractivity contribution in [1.29, 1.82) is 0 Å². The molecular weight excluding hydrogens is 332 g/mol. The number of benzene rings is 2. The fourth-order valence-electron chi connectivity index (χ4n) is 2.68. The van der Waals surface area contributed by atoms with Gasteiger partial charge in [0.05, 0.1) is 5.52 Å². The summed E-state index contributed by atoms with van der Waals surface area (Å²) >= 11 is 6.18. The summed E-state index contributed by atoms with van der Waals surface area (Å²) in [5.74, 6) is 1.34. The highest BCUT2D eigenvalue weighted by Crippen LogP contribution is 2.29. The van der Waals surface area contributed by atoms with Crippen molar-refractivity contribution in [2.75, 3.05) is 5.32 Å². The molecule has 1 N–H and O–H groups in total. The molecule has 0 atom stereocenters. The van der Waals surface area contributed by atoms with E-state index in [1.54, 1.807) is 12.4 Å². The van der Waals surface area contributed by atoms with E-state index >= 15 is 0 Å². The Bertz CT molecular complexity index is 1050. The lowest BCUT2D eigenvalue weighted by Crippen LogP contribution is -1.99. The average Bonchev–Trinajstić information content (AvgIpc) is 2.63. The first-order chi connectivity index (χ1) is 12.2. The number of nitrogens with zero attached hydrogens (tertiary/aromatic N) is 3. The second kappa shape index (κ2) is 6.49. The molecule has 4 nitrogen and oxygen atoms in total. The highest BCUT2D eigenvalue weighted by atomic mass is 35.5.